The summed E-state index contributed by atoms with van der Waals surface area (Å²) in [6.07, 6.45) is 0. The minimum Gasteiger partial charge on any atom is -0.478 e. The first-order valence-electron chi connectivity index (χ1n) is 3.71. The molecule has 0 aliphatic rings. The zero-order valence-electron chi connectivity index (χ0n) is 7.17. The zero-order valence-corrected chi connectivity index (χ0v) is 7.93. The number of halogens is 1. The van der Waals surface area contributed by atoms with E-state index in [1.165, 1.54) is 0 Å². The van der Waals surface area contributed by atoms with Gasteiger partial charge in [0.1, 0.15) is 0 Å². The van der Waals surface area contributed by atoms with Crippen LogP contribution in [0.3, 0.4) is 0 Å². The van der Waals surface area contributed by atoms with E-state index in [9.17, 15) is 4.79 Å². The van der Waals surface area contributed by atoms with Gasteiger partial charge in [-0.25, -0.2) is 4.79 Å². The lowest BCUT2D eigenvalue weighted by molar-refractivity contribution is -0.130. The number of benzene rings is 1. The smallest absolute Gasteiger partial charge is 0.335 e. The largest absolute Gasteiger partial charge is 0.478 e. The summed E-state index contributed by atoms with van der Waals surface area (Å²) in [5.41, 5.74) is 1.51. The fourth-order valence-corrected chi connectivity index (χ4v) is 1.21. The minimum absolute atomic E-state index is 0.0694. The van der Waals surface area contributed by atoms with Gasteiger partial charge in [-0.1, -0.05) is 24.2 Å². The Bertz CT molecular complexity index is 369. The topological polar surface area (TPSA) is 37.3 Å². The van der Waals surface area contributed by atoms with Gasteiger partial charge in [0, 0.05) is 5.02 Å². The molecule has 0 heterocycles. The maximum Gasteiger partial charge on any atom is 0.335 e. The first kappa shape index (κ1) is 9.81. The van der Waals surface area contributed by atoms with E-state index >= 15 is 0 Å². The molecule has 1 N–H and O–H groups in total. The van der Waals surface area contributed by atoms with Gasteiger partial charge in [0.2, 0.25) is 0 Å². The van der Waals surface area contributed by atoms with Crippen LogP contribution in [0.5, 0.6) is 0 Å². The molecule has 1 aromatic carbocycles. The molecule has 68 valence electrons. The number of hydrogen-bond donors (Lipinski definition) is 1. The Morgan fingerprint density at radius 2 is 2.15 bits per heavy atom. The summed E-state index contributed by atoms with van der Waals surface area (Å²) < 4.78 is 0. The number of carboxylic acids is 1. The van der Waals surface area contributed by atoms with Gasteiger partial charge in [0.25, 0.3) is 0 Å². The molecule has 0 aliphatic carbocycles. The Balaban J connectivity index is 3.21. The quantitative estimate of drug-likeness (QED) is 0.739. The highest BCUT2D eigenvalue weighted by atomic mass is 35.5. The normalized spacial score (nSPS) is 9.69. The van der Waals surface area contributed by atoms with Crippen molar-refractivity contribution in [1.29, 1.82) is 0 Å². The van der Waals surface area contributed by atoms with Crippen molar-refractivity contribution in [2.24, 2.45) is 0 Å². The maximum atomic E-state index is 10.6. The molecule has 0 aliphatic heterocycles. The lowest BCUT2D eigenvalue weighted by atomic mass is 10.0. The predicted octanol–water partition coefficient (Wildman–Crippen LogP) is 2.75. The van der Waals surface area contributed by atoms with Crippen LogP contribution in [-0.2, 0) is 4.79 Å². The van der Waals surface area contributed by atoms with Gasteiger partial charge < -0.3 is 5.11 Å². The molecule has 0 unspecified atom stereocenters. The Kier molecular flexibility index (Phi) is 2.73. The average Bonchev–Trinajstić information content (AvgIpc) is 2.08. The van der Waals surface area contributed by atoms with Gasteiger partial charge in [-0.05, 0) is 30.2 Å². The summed E-state index contributed by atoms with van der Waals surface area (Å²) in [6, 6.07) is 5.09. The number of aryl methyl sites for hydroxylation is 1. The lowest BCUT2D eigenvalue weighted by Crippen LogP contribution is -1.99. The highest BCUT2D eigenvalue weighted by Gasteiger charge is 2.09. The van der Waals surface area contributed by atoms with Crippen molar-refractivity contribution in [2.45, 2.75) is 6.92 Å². The third kappa shape index (κ3) is 2.10. The van der Waals surface area contributed by atoms with Crippen LogP contribution in [0.4, 0.5) is 0 Å². The predicted molar refractivity (Wildman–Crippen MR) is 52.9 cm³/mol. The third-order valence-corrected chi connectivity index (χ3v) is 2.02. The maximum absolute atomic E-state index is 10.6. The van der Waals surface area contributed by atoms with E-state index in [0.29, 0.717) is 10.6 Å². The molecule has 13 heavy (non-hydrogen) atoms. The molecule has 1 rings (SSSR count). The van der Waals surface area contributed by atoms with Crippen LogP contribution in [0.2, 0.25) is 5.02 Å². The van der Waals surface area contributed by atoms with Crippen molar-refractivity contribution < 1.29 is 9.90 Å². The van der Waals surface area contributed by atoms with E-state index in [2.05, 4.69) is 6.58 Å². The summed E-state index contributed by atoms with van der Waals surface area (Å²) in [6.45, 7) is 5.29. The molecule has 0 atom stereocenters. The molecule has 0 fully saturated rings. The van der Waals surface area contributed by atoms with Gasteiger partial charge in [-0.3, -0.25) is 0 Å². The summed E-state index contributed by atoms with van der Waals surface area (Å²) >= 11 is 5.73. The van der Waals surface area contributed by atoms with Gasteiger partial charge >= 0.3 is 5.97 Å². The molecular weight excluding hydrogens is 188 g/mol. The number of carbonyl (C=O) groups is 1. The zero-order chi connectivity index (χ0) is 10.0. The van der Waals surface area contributed by atoms with E-state index in [4.69, 9.17) is 16.7 Å². The van der Waals surface area contributed by atoms with E-state index in [1.54, 1.807) is 18.2 Å². The molecule has 0 saturated heterocycles. The van der Waals surface area contributed by atoms with Crippen LogP contribution >= 0.6 is 11.6 Å². The van der Waals surface area contributed by atoms with Gasteiger partial charge in [0.05, 0.1) is 5.57 Å². The Hall–Kier alpha value is -1.28. The molecule has 0 bridgehead atoms. The van der Waals surface area contributed by atoms with Crippen molar-refractivity contribution in [3.05, 3.63) is 40.9 Å². The van der Waals surface area contributed by atoms with Crippen LogP contribution in [0, 0.1) is 6.92 Å². The van der Waals surface area contributed by atoms with Crippen molar-refractivity contribution >= 4 is 23.1 Å². The SMILES string of the molecule is C=C(C(=O)O)c1cc(Cl)ccc1C. The lowest BCUT2D eigenvalue weighted by Gasteiger charge is -2.05. The molecule has 0 amide bonds. The molecule has 1 aromatic rings. The standard InChI is InChI=1S/C10H9ClO2/c1-6-3-4-8(11)5-9(6)7(2)10(12)13/h3-5H,2H2,1H3,(H,12,13). The molecule has 0 radical (unpaired) electrons. The second-order valence-corrected chi connectivity index (χ2v) is 3.18. The van der Waals surface area contributed by atoms with Gasteiger partial charge in [0.15, 0.2) is 0 Å². The van der Waals surface area contributed by atoms with Crippen molar-refractivity contribution in [1.82, 2.24) is 0 Å². The first-order valence-corrected chi connectivity index (χ1v) is 4.09. The summed E-state index contributed by atoms with van der Waals surface area (Å²) in [5, 5.41) is 9.22. The number of carboxylic acid groups (broad SMARTS) is 1. The molecular formula is C10H9ClO2. The molecule has 0 saturated carbocycles. The molecule has 0 aromatic heterocycles. The summed E-state index contributed by atoms with van der Waals surface area (Å²) in [7, 11) is 0. The number of aliphatic carboxylic acids is 1. The van der Waals surface area contributed by atoms with Crippen LogP contribution in [-0.4, -0.2) is 11.1 Å². The Morgan fingerprint density at radius 3 is 2.69 bits per heavy atom. The average molecular weight is 197 g/mol. The van der Waals surface area contributed by atoms with Gasteiger partial charge in [-0.15, -0.1) is 0 Å². The van der Waals surface area contributed by atoms with Crippen LogP contribution in [0.1, 0.15) is 11.1 Å². The van der Waals surface area contributed by atoms with Crippen LogP contribution in [0.15, 0.2) is 24.8 Å². The van der Waals surface area contributed by atoms with Crippen molar-refractivity contribution in [2.75, 3.05) is 0 Å². The highest BCUT2D eigenvalue weighted by molar-refractivity contribution is 6.31. The van der Waals surface area contributed by atoms with E-state index in [0.717, 1.165) is 5.56 Å². The number of hydrogen-bond acceptors (Lipinski definition) is 1. The number of rotatable bonds is 2. The van der Waals surface area contributed by atoms with Gasteiger partial charge in [-0.2, -0.15) is 0 Å². The highest BCUT2D eigenvalue weighted by Crippen LogP contribution is 2.21. The van der Waals surface area contributed by atoms with Crippen LogP contribution < -0.4 is 0 Å². The molecule has 3 heteroatoms. The Labute approximate surface area is 81.5 Å². The van der Waals surface area contributed by atoms with E-state index < -0.39 is 5.97 Å². The fraction of sp³-hybridized carbons (Fsp3) is 0.100. The Morgan fingerprint density at radius 1 is 1.54 bits per heavy atom. The van der Waals surface area contributed by atoms with Crippen molar-refractivity contribution in [3.63, 3.8) is 0 Å². The van der Waals surface area contributed by atoms with E-state index in [1.807, 2.05) is 6.92 Å². The molecule has 2 nitrogen and oxygen atoms in total. The third-order valence-electron chi connectivity index (χ3n) is 1.78. The van der Waals surface area contributed by atoms with E-state index in [-0.39, 0.29) is 5.57 Å². The second kappa shape index (κ2) is 3.62. The minimum atomic E-state index is -1.02. The van der Waals surface area contributed by atoms with Crippen LogP contribution in [0.25, 0.3) is 5.57 Å². The second-order valence-electron chi connectivity index (χ2n) is 2.74. The molecule has 0 spiro atoms. The van der Waals surface area contributed by atoms with Crippen molar-refractivity contribution in [3.8, 4) is 0 Å². The monoisotopic (exact) mass is 196 g/mol. The summed E-state index contributed by atoms with van der Waals surface area (Å²) in [4.78, 5) is 10.6. The first-order chi connectivity index (χ1) is 6.02. The summed E-state index contributed by atoms with van der Waals surface area (Å²) in [5.74, 6) is -1.02. The fourth-order valence-electron chi connectivity index (χ4n) is 1.03.